The van der Waals surface area contributed by atoms with E-state index in [1.54, 1.807) is 7.11 Å². The fraction of sp³-hybridized carbons (Fsp3) is 0.562. The molecule has 0 aliphatic carbocycles. The second kappa shape index (κ2) is 11.5. The Balaban J connectivity index is 0.00000264. The lowest BCUT2D eigenvalue weighted by molar-refractivity contribution is -0.0318. The molecule has 1 aromatic rings. The predicted molar refractivity (Wildman–Crippen MR) is 103 cm³/mol. The van der Waals surface area contributed by atoms with E-state index < -0.39 is 0 Å². The number of ether oxygens (including phenoxy) is 3. The molecule has 0 atom stereocenters. The first kappa shape index (κ1) is 20.0. The van der Waals surface area contributed by atoms with Gasteiger partial charge in [-0.15, -0.1) is 24.0 Å². The number of aliphatic imine (C=N–C) groups is 1. The maximum absolute atomic E-state index is 5.85. The normalized spacial score (nSPS) is 15.8. The molecule has 1 aliphatic heterocycles. The predicted octanol–water partition coefficient (Wildman–Crippen LogP) is 2.63. The number of rotatable bonds is 7. The average molecular weight is 435 g/mol. The molecular weight excluding hydrogens is 409 g/mol. The molecule has 0 saturated carbocycles. The van der Waals surface area contributed by atoms with Gasteiger partial charge in [-0.25, -0.2) is 0 Å². The molecular formula is C16H26IN3O3. The zero-order valence-electron chi connectivity index (χ0n) is 13.5. The highest BCUT2D eigenvalue weighted by atomic mass is 127. The van der Waals surface area contributed by atoms with Crippen molar-refractivity contribution in [2.24, 2.45) is 10.7 Å². The van der Waals surface area contributed by atoms with Gasteiger partial charge in [-0.2, -0.15) is 0 Å². The van der Waals surface area contributed by atoms with E-state index >= 15 is 0 Å². The molecule has 0 bridgehead atoms. The van der Waals surface area contributed by atoms with E-state index in [0.717, 1.165) is 43.9 Å². The van der Waals surface area contributed by atoms with Gasteiger partial charge in [-0.05, 0) is 43.5 Å². The lowest BCUT2D eigenvalue weighted by atomic mass is 10.1. The largest absolute Gasteiger partial charge is 0.497 e. The molecule has 3 N–H and O–H groups in total. The second-order valence-corrected chi connectivity index (χ2v) is 5.16. The number of guanidine groups is 1. The van der Waals surface area contributed by atoms with Crippen LogP contribution in [0.2, 0.25) is 0 Å². The minimum atomic E-state index is 0. The van der Waals surface area contributed by atoms with Gasteiger partial charge in [0, 0.05) is 32.1 Å². The van der Waals surface area contributed by atoms with Gasteiger partial charge in [0.2, 0.25) is 0 Å². The van der Waals surface area contributed by atoms with Gasteiger partial charge in [0.25, 0.3) is 0 Å². The Morgan fingerprint density at radius 2 is 2.00 bits per heavy atom. The van der Waals surface area contributed by atoms with Crippen molar-refractivity contribution in [2.75, 3.05) is 38.8 Å². The molecule has 0 spiro atoms. The van der Waals surface area contributed by atoms with Gasteiger partial charge in [0.15, 0.2) is 5.96 Å². The van der Waals surface area contributed by atoms with Gasteiger partial charge in [-0.1, -0.05) is 0 Å². The Labute approximate surface area is 154 Å². The Bertz CT molecular complexity index is 462. The van der Waals surface area contributed by atoms with Crippen molar-refractivity contribution < 1.29 is 14.2 Å². The van der Waals surface area contributed by atoms with Gasteiger partial charge >= 0.3 is 0 Å². The molecule has 1 heterocycles. The third-order valence-corrected chi connectivity index (χ3v) is 3.47. The van der Waals surface area contributed by atoms with Crippen LogP contribution in [0, 0.1) is 0 Å². The fourth-order valence-electron chi connectivity index (χ4n) is 2.22. The summed E-state index contributed by atoms with van der Waals surface area (Å²) >= 11 is 0. The zero-order chi connectivity index (χ0) is 15.6. The Hall–Kier alpha value is -1.06. The van der Waals surface area contributed by atoms with Crippen LogP contribution in [0.5, 0.6) is 5.75 Å². The highest BCUT2D eigenvalue weighted by Gasteiger charge is 2.13. The summed E-state index contributed by atoms with van der Waals surface area (Å²) in [5.74, 6) is 1.22. The smallest absolute Gasteiger partial charge is 0.193 e. The van der Waals surface area contributed by atoms with Crippen LogP contribution < -0.4 is 15.8 Å². The van der Waals surface area contributed by atoms with Crippen molar-refractivity contribution in [1.82, 2.24) is 0 Å². The van der Waals surface area contributed by atoms with Crippen molar-refractivity contribution in [3.8, 4) is 5.75 Å². The van der Waals surface area contributed by atoms with E-state index in [2.05, 4.69) is 10.3 Å². The molecule has 0 aromatic heterocycles. The molecule has 2 rings (SSSR count). The van der Waals surface area contributed by atoms with Gasteiger partial charge in [-0.3, -0.25) is 4.99 Å². The zero-order valence-corrected chi connectivity index (χ0v) is 15.8. The third kappa shape index (κ3) is 7.85. The van der Waals surface area contributed by atoms with Crippen molar-refractivity contribution in [1.29, 1.82) is 0 Å². The number of anilines is 1. The van der Waals surface area contributed by atoms with Crippen LogP contribution in [-0.2, 0) is 9.47 Å². The van der Waals surface area contributed by atoms with Crippen LogP contribution >= 0.6 is 24.0 Å². The number of halogens is 1. The summed E-state index contributed by atoms with van der Waals surface area (Å²) in [5.41, 5.74) is 6.74. The van der Waals surface area contributed by atoms with Crippen molar-refractivity contribution in [3.05, 3.63) is 24.3 Å². The molecule has 0 unspecified atom stereocenters. The first-order valence-corrected chi connectivity index (χ1v) is 7.68. The summed E-state index contributed by atoms with van der Waals surface area (Å²) in [5, 5.41) is 3.05. The summed E-state index contributed by atoms with van der Waals surface area (Å²) < 4.78 is 16.2. The number of nitrogens with two attached hydrogens (primary N) is 1. The van der Waals surface area contributed by atoms with Crippen LogP contribution in [0.25, 0.3) is 0 Å². The van der Waals surface area contributed by atoms with Crippen LogP contribution in [0.3, 0.4) is 0 Å². The molecule has 1 aliphatic rings. The minimum Gasteiger partial charge on any atom is -0.497 e. The Morgan fingerprint density at radius 1 is 1.30 bits per heavy atom. The van der Waals surface area contributed by atoms with E-state index in [9.17, 15) is 0 Å². The molecule has 23 heavy (non-hydrogen) atoms. The number of methoxy groups -OCH3 is 1. The van der Waals surface area contributed by atoms with E-state index in [1.807, 2.05) is 24.3 Å². The highest BCUT2D eigenvalue weighted by Crippen LogP contribution is 2.14. The van der Waals surface area contributed by atoms with E-state index in [0.29, 0.717) is 25.2 Å². The number of benzene rings is 1. The van der Waals surface area contributed by atoms with Gasteiger partial charge in [0.1, 0.15) is 5.75 Å². The number of nitrogens with zero attached hydrogens (tertiary/aromatic N) is 1. The standard InChI is InChI=1S/C16H25N3O3.HI/c1-20-14-5-3-13(4-6-14)19-16(17)18-9-2-10-22-15-7-11-21-12-8-15;/h3-6,15H,2,7-12H2,1H3,(H3,17,18,19);1H. The molecule has 1 fully saturated rings. The van der Waals surface area contributed by atoms with Crippen LogP contribution in [0.1, 0.15) is 19.3 Å². The average Bonchev–Trinajstić information content (AvgIpc) is 2.56. The SMILES string of the molecule is COc1ccc(NC(N)=NCCCOC2CCOCC2)cc1.I. The topological polar surface area (TPSA) is 78.1 Å². The van der Waals surface area contributed by atoms with E-state index in [1.165, 1.54) is 0 Å². The summed E-state index contributed by atoms with van der Waals surface area (Å²) in [7, 11) is 1.64. The molecule has 7 heteroatoms. The quantitative estimate of drug-likeness (QED) is 0.298. The molecule has 0 radical (unpaired) electrons. The summed E-state index contributed by atoms with van der Waals surface area (Å²) in [4.78, 5) is 4.29. The summed E-state index contributed by atoms with van der Waals surface area (Å²) in [6.07, 6.45) is 3.18. The second-order valence-electron chi connectivity index (χ2n) is 5.16. The lowest BCUT2D eigenvalue weighted by Gasteiger charge is -2.22. The number of nitrogens with one attached hydrogen (secondary N) is 1. The fourth-order valence-corrected chi connectivity index (χ4v) is 2.22. The van der Waals surface area contributed by atoms with Gasteiger partial charge < -0.3 is 25.3 Å². The Kier molecular flexibility index (Phi) is 9.97. The van der Waals surface area contributed by atoms with Crippen LogP contribution in [0.15, 0.2) is 29.3 Å². The molecule has 130 valence electrons. The third-order valence-electron chi connectivity index (χ3n) is 3.47. The minimum absolute atomic E-state index is 0. The highest BCUT2D eigenvalue weighted by molar-refractivity contribution is 14.0. The van der Waals surface area contributed by atoms with Gasteiger partial charge in [0.05, 0.1) is 13.2 Å². The van der Waals surface area contributed by atoms with Crippen molar-refractivity contribution in [2.45, 2.75) is 25.4 Å². The molecule has 1 saturated heterocycles. The lowest BCUT2D eigenvalue weighted by Crippen LogP contribution is -2.24. The van der Waals surface area contributed by atoms with E-state index in [4.69, 9.17) is 19.9 Å². The maximum atomic E-state index is 5.85. The summed E-state index contributed by atoms with van der Waals surface area (Å²) in [6, 6.07) is 7.54. The number of hydrogen-bond donors (Lipinski definition) is 2. The monoisotopic (exact) mass is 435 g/mol. The van der Waals surface area contributed by atoms with Crippen molar-refractivity contribution >= 4 is 35.6 Å². The van der Waals surface area contributed by atoms with Crippen LogP contribution in [0.4, 0.5) is 5.69 Å². The molecule has 6 nitrogen and oxygen atoms in total. The number of hydrogen-bond acceptors (Lipinski definition) is 4. The maximum Gasteiger partial charge on any atom is 0.193 e. The molecule has 0 amide bonds. The first-order valence-electron chi connectivity index (χ1n) is 7.68. The van der Waals surface area contributed by atoms with Crippen LogP contribution in [-0.4, -0.2) is 45.5 Å². The van der Waals surface area contributed by atoms with Crippen molar-refractivity contribution in [3.63, 3.8) is 0 Å². The Morgan fingerprint density at radius 3 is 2.65 bits per heavy atom. The summed E-state index contributed by atoms with van der Waals surface area (Å²) in [6.45, 7) is 2.98. The molecule has 1 aromatic carbocycles. The van der Waals surface area contributed by atoms with E-state index in [-0.39, 0.29) is 24.0 Å². The first-order chi connectivity index (χ1) is 10.8.